The van der Waals surface area contributed by atoms with E-state index in [0.29, 0.717) is 19.8 Å². The number of sulfone groups is 1. The average molecular weight is 235 g/mol. The molecule has 1 heterocycles. The Bertz CT molecular complexity index is 332. The molecule has 1 N–H and O–H groups in total. The first-order chi connectivity index (χ1) is 6.81. The van der Waals surface area contributed by atoms with Gasteiger partial charge in [0.05, 0.1) is 19.0 Å². The molecule has 88 valence electrons. The Morgan fingerprint density at radius 2 is 2.07 bits per heavy atom. The third kappa shape index (κ3) is 4.61. The average Bonchev–Trinajstić information content (AvgIpc) is 2.07. The monoisotopic (exact) mass is 235 g/mol. The molecule has 0 atom stereocenters. The highest BCUT2D eigenvalue weighted by atomic mass is 32.2. The Morgan fingerprint density at radius 1 is 1.47 bits per heavy atom. The third-order valence-electron chi connectivity index (χ3n) is 2.31. The fraction of sp³-hybridized carbons (Fsp3) is 0.889. The van der Waals surface area contributed by atoms with Gasteiger partial charge in [0.1, 0.15) is 9.84 Å². The van der Waals surface area contributed by atoms with Crippen molar-refractivity contribution in [2.45, 2.75) is 13.3 Å². The molecule has 0 aromatic heterocycles. The van der Waals surface area contributed by atoms with E-state index in [4.69, 9.17) is 4.74 Å². The molecular formula is C9H17NO4S. The largest absolute Gasteiger partial charge is 0.380 e. The van der Waals surface area contributed by atoms with Crippen LogP contribution in [-0.2, 0) is 19.4 Å². The van der Waals surface area contributed by atoms with Gasteiger partial charge in [0, 0.05) is 24.6 Å². The summed E-state index contributed by atoms with van der Waals surface area (Å²) in [7, 11) is -3.05. The van der Waals surface area contributed by atoms with Gasteiger partial charge in [-0.05, 0) is 0 Å². The fourth-order valence-electron chi connectivity index (χ4n) is 1.23. The van der Waals surface area contributed by atoms with Crippen LogP contribution in [0, 0.1) is 5.41 Å². The lowest BCUT2D eigenvalue weighted by Crippen LogP contribution is -2.48. The second-order valence-corrected chi connectivity index (χ2v) is 6.72. The predicted molar refractivity (Wildman–Crippen MR) is 56.3 cm³/mol. The molecule has 1 rings (SSSR count). The summed E-state index contributed by atoms with van der Waals surface area (Å²) in [5.74, 6) is -0.306. The van der Waals surface area contributed by atoms with Gasteiger partial charge in [-0.25, -0.2) is 8.42 Å². The van der Waals surface area contributed by atoms with Gasteiger partial charge >= 0.3 is 0 Å². The molecule has 0 aromatic rings. The maximum absolute atomic E-state index is 11.3. The molecule has 0 unspecified atom stereocenters. The molecule has 1 aliphatic rings. The SMILES string of the molecule is CC1(CNC(=O)CCS(C)(=O)=O)COC1. The number of carbonyl (C=O) groups excluding carboxylic acids is 1. The van der Waals surface area contributed by atoms with Gasteiger partial charge in [0.2, 0.25) is 5.91 Å². The molecule has 0 radical (unpaired) electrons. The molecule has 0 aliphatic carbocycles. The zero-order chi connectivity index (χ0) is 11.5. The van der Waals surface area contributed by atoms with Crippen molar-refractivity contribution in [3.8, 4) is 0 Å². The van der Waals surface area contributed by atoms with Crippen LogP contribution in [0.2, 0.25) is 0 Å². The summed E-state index contributed by atoms with van der Waals surface area (Å²) in [6.45, 7) is 3.88. The number of nitrogens with one attached hydrogen (secondary N) is 1. The Hall–Kier alpha value is -0.620. The Balaban J connectivity index is 2.19. The standard InChI is InChI=1S/C9H17NO4S/c1-9(6-14-7-9)5-10-8(11)3-4-15(2,12)13/h3-7H2,1-2H3,(H,10,11). The molecule has 1 fully saturated rings. The summed E-state index contributed by atoms with van der Waals surface area (Å²) in [4.78, 5) is 11.3. The van der Waals surface area contributed by atoms with Crippen LogP contribution in [0.3, 0.4) is 0 Å². The molecule has 0 saturated carbocycles. The Kier molecular flexibility index (Phi) is 3.72. The number of rotatable bonds is 5. The normalized spacial score (nSPS) is 19.3. The van der Waals surface area contributed by atoms with Crippen LogP contribution < -0.4 is 5.32 Å². The van der Waals surface area contributed by atoms with Gasteiger partial charge in [-0.3, -0.25) is 4.79 Å². The van der Waals surface area contributed by atoms with E-state index in [-0.39, 0.29) is 23.5 Å². The molecule has 0 spiro atoms. The molecular weight excluding hydrogens is 218 g/mol. The minimum Gasteiger partial charge on any atom is -0.380 e. The number of hydrogen-bond acceptors (Lipinski definition) is 4. The van der Waals surface area contributed by atoms with Gasteiger partial charge in [0.15, 0.2) is 0 Å². The summed E-state index contributed by atoms with van der Waals surface area (Å²) in [5, 5.41) is 2.71. The van der Waals surface area contributed by atoms with E-state index in [1.165, 1.54) is 0 Å². The van der Waals surface area contributed by atoms with Crippen LogP contribution in [0.5, 0.6) is 0 Å². The minimum atomic E-state index is -3.05. The predicted octanol–water partition coefficient (Wildman–Crippen LogP) is -0.426. The molecule has 1 saturated heterocycles. The first kappa shape index (κ1) is 12.4. The quantitative estimate of drug-likeness (QED) is 0.702. The van der Waals surface area contributed by atoms with Crippen molar-refractivity contribution in [1.29, 1.82) is 0 Å². The smallest absolute Gasteiger partial charge is 0.221 e. The van der Waals surface area contributed by atoms with Crippen molar-refractivity contribution in [3.05, 3.63) is 0 Å². The maximum atomic E-state index is 11.3. The van der Waals surface area contributed by atoms with Crippen molar-refractivity contribution in [1.82, 2.24) is 5.32 Å². The second-order valence-electron chi connectivity index (χ2n) is 4.46. The summed E-state index contributed by atoms with van der Waals surface area (Å²) in [5.41, 5.74) is 0.0285. The Morgan fingerprint density at radius 3 is 2.47 bits per heavy atom. The highest BCUT2D eigenvalue weighted by molar-refractivity contribution is 7.90. The molecule has 6 heteroatoms. The number of hydrogen-bond donors (Lipinski definition) is 1. The molecule has 0 aromatic carbocycles. The van der Waals surface area contributed by atoms with Gasteiger partial charge in [-0.15, -0.1) is 0 Å². The zero-order valence-corrected chi connectivity index (χ0v) is 9.89. The van der Waals surface area contributed by atoms with Crippen molar-refractivity contribution < 1.29 is 17.9 Å². The lowest BCUT2D eigenvalue weighted by atomic mass is 9.89. The van der Waals surface area contributed by atoms with Crippen LogP contribution in [0.1, 0.15) is 13.3 Å². The molecule has 1 amide bonds. The summed E-state index contributed by atoms with van der Waals surface area (Å²) >= 11 is 0. The van der Waals surface area contributed by atoms with Crippen LogP contribution in [-0.4, -0.2) is 46.1 Å². The first-order valence-corrected chi connectivity index (χ1v) is 6.89. The van der Waals surface area contributed by atoms with E-state index >= 15 is 0 Å². The van der Waals surface area contributed by atoms with E-state index in [0.717, 1.165) is 6.26 Å². The van der Waals surface area contributed by atoms with Gasteiger partial charge < -0.3 is 10.1 Å². The van der Waals surface area contributed by atoms with Crippen LogP contribution in [0.25, 0.3) is 0 Å². The summed E-state index contributed by atoms with van der Waals surface area (Å²) in [6, 6.07) is 0. The van der Waals surface area contributed by atoms with Crippen molar-refractivity contribution in [3.63, 3.8) is 0 Å². The lowest BCUT2D eigenvalue weighted by molar-refractivity contribution is -0.126. The van der Waals surface area contributed by atoms with Gasteiger partial charge in [-0.2, -0.15) is 0 Å². The van der Waals surface area contributed by atoms with Crippen LogP contribution >= 0.6 is 0 Å². The van der Waals surface area contributed by atoms with Crippen molar-refractivity contribution in [2.24, 2.45) is 5.41 Å². The van der Waals surface area contributed by atoms with Gasteiger partial charge in [0.25, 0.3) is 0 Å². The maximum Gasteiger partial charge on any atom is 0.221 e. The topological polar surface area (TPSA) is 72.5 Å². The third-order valence-corrected chi connectivity index (χ3v) is 3.26. The van der Waals surface area contributed by atoms with Gasteiger partial charge in [-0.1, -0.05) is 6.92 Å². The number of amides is 1. The molecule has 1 aliphatic heterocycles. The summed E-state index contributed by atoms with van der Waals surface area (Å²) in [6.07, 6.45) is 1.16. The van der Waals surface area contributed by atoms with E-state index in [9.17, 15) is 13.2 Å². The van der Waals surface area contributed by atoms with Crippen LogP contribution in [0.4, 0.5) is 0 Å². The minimum absolute atomic E-state index is 0.0285. The number of ether oxygens (including phenoxy) is 1. The fourth-order valence-corrected chi connectivity index (χ4v) is 1.79. The highest BCUT2D eigenvalue weighted by Crippen LogP contribution is 2.24. The van der Waals surface area contributed by atoms with Crippen LogP contribution in [0.15, 0.2) is 0 Å². The molecule has 5 nitrogen and oxygen atoms in total. The summed E-state index contributed by atoms with van der Waals surface area (Å²) < 4.78 is 26.6. The molecule has 0 bridgehead atoms. The van der Waals surface area contributed by atoms with E-state index < -0.39 is 9.84 Å². The molecule has 15 heavy (non-hydrogen) atoms. The Labute approximate surface area is 90.1 Å². The van der Waals surface area contributed by atoms with Crippen molar-refractivity contribution >= 4 is 15.7 Å². The van der Waals surface area contributed by atoms with E-state index in [1.54, 1.807) is 0 Å². The second kappa shape index (κ2) is 4.49. The van der Waals surface area contributed by atoms with E-state index in [1.807, 2.05) is 6.92 Å². The lowest BCUT2D eigenvalue weighted by Gasteiger charge is -2.38. The highest BCUT2D eigenvalue weighted by Gasteiger charge is 2.33. The van der Waals surface area contributed by atoms with Crippen molar-refractivity contribution in [2.75, 3.05) is 31.8 Å². The van der Waals surface area contributed by atoms with E-state index in [2.05, 4.69) is 5.32 Å². The zero-order valence-electron chi connectivity index (χ0n) is 9.08. The first-order valence-electron chi connectivity index (χ1n) is 4.83. The number of carbonyl (C=O) groups is 1.